The van der Waals surface area contributed by atoms with E-state index in [1.807, 2.05) is 0 Å². The second-order valence-corrected chi connectivity index (χ2v) is 4.77. The van der Waals surface area contributed by atoms with Crippen LogP contribution in [0.5, 0.6) is 0 Å². The number of halogens is 3. The average molecular weight is 291 g/mol. The largest absolute Gasteiger partial charge is 0.380 e. The molecular formula is C11H13BrF2N2. The highest BCUT2D eigenvalue weighted by Crippen LogP contribution is 2.24. The van der Waals surface area contributed by atoms with Crippen LogP contribution in [0.4, 0.5) is 14.5 Å². The summed E-state index contributed by atoms with van der Waals surface area (Å²) in [6.45, 7) is 1.83. The number of benzene rings is 1. The van der Waals surface area contributed by atoms with E-state index in [1.165, 1.54) is 6.07 Å². The third-order valence-corrected chi connectivity index (χ3v) is 3.32. The molecule has 0 atom stereocenters. The van der Waals surface area contributed by atoms with E-state index in [9.17, 15) is 8.78 Å². The third kappa shape index (κ3) is 2.71. The molecule has 88 valence electrons. The summed E-state index contributed by atoms with van der Waals surface area (Å²) in [6.07, 6.45) is 1.86. The lowest BCUT2D eigenvalue weighted by molar-refractivity contribution is 0.476. The van der Waals surface area contributed by atoms with Crippen LogP contribution in [0.2, 0.25) is 0 Å². The van der Waals surface area contributed by atoms with Gasteiger partial charge >= 0.3 is 0 Å². The van der Waals surface area contributed by atoms with Crippen LogP contribution >= 0.6 is 15.9 Å². The number of rotatable bonds is 2. The summed E-state index contributed by atoms with van der Waals surface area (Å²) in [5, 5.41) is 6.26. The predicted molar refractivity (Wildman–Crippen MR) is 63.6 cm³/mol. The Kier molecular flexibility index (Phi) is 3.76. The van der Waals surface area contributed by atoms with Crippen molar-refractivity contribution in [2.45, 2.75) is 18.9 Å². The van der Waals surface area contributed by atoms with Gasteiger partial charge in [-0.1, -0.05) is 0 Å². The Labute approximate surface area is 102 Å². The van der Waals surface area contributed by atoms with Gasteiger partial charge in [-0.15, -0.1) is 0 Å². The van der Waals surface area contributed by atoms with Gasteiger partial charge in [-0.3, -0.25) is 0 Å². The zero-order valence-electron chi connectivity index (χ0n) is 8.69. The second kappa shape index (κ2) is 5.10. The van der Waals surface area contributed by atoms with Crippen LogP contribution in [0, 0.1) is 11.6 Å². The van der Waals surface area contributed by atoms with Crippen molar-refractivity contribution in [1.82, 2.24) is 5.32 Å². The summed E-state index contributed by atoms with van der Waals surface area (Å²) < 4.78 is 26.9. The molecule has 1 fully saturated rings. The summed E-state index contributed by atoms with van der Waals surface area (Å²) in [7, 11) is 0. The minimum Gasteiger partial charge on any atom is -0.380 e. The Balaban J connectivity index is 2.11. The van der Waals surface area contributed by atoms with Crippen LogP contribution in [0.1, 0.15) is 12.8 Å². The molecule has 1 saturated heterocycles. The van der Waals surface area contributed by atoms with E-state index in [2.05, 4.69) is 26.6 Å². The average Bonchev–Trinajstić information content (AvgIpc) is 2.27. The van der Waals surface area contributed by atoms with Gasteiger partial charge in [0.05, 0.1) is 10.2 Å². The minimum atomic E-state index is -0.446. The highest BCUT2D eigenvalue weighted by Gasteiger charge is 2.15. The first-order valence-electron chi connectivity index (χ1n) is 5.28. The quantitative estimate of drug-likeness (QED) is 0.819. The lowest BCUT2D eigenvalue weighted by atomic mass is 10.1. The van der Waals surface area contributed by atoms with Gasteiger partial charge in [-0.05, 0) is 47.9 Å². The first-order valence-corrected chi connectivity index (χ1v) is 6.08. The number of nitrogens with one attached hydrogen (secondary N) is 2. The molecule has 2 nitrogen and oxygen atoms in total. The zero-order valence-corrected chi connectivity index (χ0v) is 10.3. The van der Waals surface area contributed by atoms with Crippen molar-refractivity contribution in [1.29, 1.82) is 0 Å². The summed E-state index contributed by atoms with van der Waals surface area (Å²) in [5.74, 6) is -0.871. The van der Waals surface area contributed by atoms with Crippen LogP contribution in [0.15, 0.2) is 16.6 Å². The molecule has 1 aromatic carbocycles. The highest BCUT2D eigenvalue weighted by atomic mass is 79.9. The number of piperidine rings is 1. The van der Waals surface area contributed by atoms with Gasteiger partial charge in [-0.2, -0.15) is 0 Å². The van der Waals surface area contributed by atoms with E-state index < -0.39 is 11.6 Å². The van der Waals surface area contributed by atoms with Crippen molar-refractivity contribution in [3.05, 3.63) is 28.2 Å². The topological polar surface area (TPSA) is 24.1 Å². The van der Waals surface area contributed by atoms with E-state index >= 15 is 0 Å². The smallest absolute Gasteiger partial charge is 0.147 e. The molecule has 0 spiro atoms. The molecule has 0 bridgehead atoms. The second-order valence-electron chi connectivity index (χ2n) is 3.91. The molecule has 0 amide bonds. The number of anilines is 1. The van der Waals surface area contributed by atoms with Crippen molar-refractivity contribution in [2.75, 3.05) is 18.4 Å². The highest BCUT2D eigenvalue weighted by molar-refractivity contribution is 9.10. The van der Waals surface area contributed by atoms with Crippen molar-refractivity contribution < 1.29 is 8.78 Å². The molecule has 0 aliphatic carbocycles. The molecular weight excluding hydrogens is 278 g/mol. The molecule has 1 aliphatic heterocycles. The molecule has 1 aliphatic rings. The molecule has 2 rings (SSSR count). The van der Waals surface area contributed by atoms with Gasteiger partial charge in [0.15, 0.2) is 0 Å². The lowest BCUT2D eigenvalue weighted by Crippen LogP contribution is -2.35. The standard InChI is InChI=1S/C11H13BrF2N2/c12-8-5-10(14)11(6-9(8)13)16-7-1-3-15-4-2-7/h5-7,15-16H,1-4H2. The summed E-state index contributed by atoms with van der Waals surface area (Å²) in [4.78, 5) is 0. The Hall–Kier alpha value is -0.680. The molecule has 0 saturated carbocycles. The van der Waals surface area contributed by atoms with Crippen LogP contribution in [0.25, 0.3) is 0 Å². The monoisotopic (exact) mass is 290 g/mol. The summed E-state index contributed by atoms with van der Waals surface area (Å²) >= 11 is 2.95. The SMILES string of the molecule is Fc1cc(NC2CCNCC2)c(F)cc1Br. The lowest BCUT2D eigenvalue weighted by Gasteiger charge is -2.25. The predicted octanol–water partition coefficient (Wildman–Crippen LogP) is 2.89. The third-order valence-electron chi connectivity index (χ3n) is 2.71. The van der Waals surface area contributed by atoms with Gasteiger partial charge in [0.1, 0.15) is 11.6 Å². The van der Waals surface area contributed by atoms with E-state index in [-0.39, 0.29) is 16.2 Å². The molecule has 0 unspecified atom stereocenters. The van der Waals surface area contributed by atoms with Gasteiger partial charge in [0.2, 0.25) is 0 Å². The molecule has 0 radical (unpaired) electrons. The van der Waals surface area contributed by atoms with E-state index in [4.69, 9.17) is 0 Å². The van der Waals surface area contributed by atoms with Gasteiger partial charge < -0.3 is 10.6 Å². The van der Waals surface area contributed by atoms with E-state index in [0.717, 1.165) is 32.0 Å². The normalized spacial score (nSPS) is 17.4. The van der Waals surface area contributed by atoms with Crippen LogP contribution in [-0.4, -0.2) is 19.1 Å². The first-order chi connectivity index (χ1) is 7.66. The molecule has 2 N–H and O–H groups in total. The summed E-state index contributed by atoms with van der Waals surface area (Å²) in [5.41, 5.74) is 0.243. The fraction of sp³-hybridized carbons (Fsp3) is 0.455. The maximum absolute atomic E-state index is 13.5. The van der Waals surface area contributed by atoms with Crippen molar-refractivity contribution in [3.63, 3.8) is 0 Å². The van der Waals surface area contributed by atoms with Gasteiger partial charge in [-0.25, -0.2) is 8.78 Å². The van der Waals surface area contributed by atoms with Crippen molar-refractivity contribution >= 4 is 21.6 Å². The Morgan fingerprint density at radius 1 is 1.19 bits per heavy atom. The molecule has 1 aromatic rings. The van der Waals surface area contributed by atoms with Crippen LogP contribution < -0.4 is 10.6 Å². The molecule has 0 aromatic heterocycles. The van der Waals surface area contributed by atoms with Gasteiger partial charge in [0, 0.05) is 12.1 Å². The van der Waals surface area contributed by atoms with Crippen LogP contribution in [0.3, 0.4) is 0 Å². The Morgan fingerprint density at radius 2 is 1.88 bits per heavy atom. The Bertz CT molecular complexity index is 378. The van der Waals surface area contributed by atoms with Crippen molar-refractivity contribution in [3.8, 4) is 0 Å². The fourth-order valence-electron chi connectivity index (χ4n) is 1.82. The van der Waals surface area contributed by atoms with Crippen LogP contribution in [-0.2, 0) is 0 Å². The van der Waals surface area contributed by atoms with E-state index in [0.29, 0.717) is 0 Å². The Morgan fingerprint density at radius 3 is 2.56 bits per heavy atom. The van der Waals surface area contributed by atoms with E-state index in [1.54, 1.807) is 0 Å². The minimum absolute atomic E-state index is 0.154. The summed E-state index contributed by atoms with van der Waals surface area (Å²) in [6, 6.07) is 2.57. The van der Waals surface area contributed by atoms with Gasteiger partial charge in [0.25, 0.3) is 0 Å². The maximum Gasteiger partial charge on any atom is 0.147 e. The maximum atomic E-state index is 13.5. The fourth-order valence-corrected chi connectivity index (χ4v) is 2.13. The molecule has 16 heavy (non-hydrogen) atoms. The first kappa shape index (κ1) is 11.8. The molecule has 5 heteroatoms. The zero-order chi connectivity index (χ0) is 11.5. The number of hydrogen-bond donors (Lipinski definition) is 2. The molecule has 1 heterocycles. The number of hydrogen-bond acceptors (Lipinski definition) is 2. The van der Waals surface area contributed by atoms with Crippen molar-refractivity contribution in [2.24, 2.45) is 0 Å².